The van der Waals surface area contributed by atoms with E-state index in [0.717, 1.165) is 43.2 Å². The van der Waals surface area contributed by atoms with E-state index in [2.05, 4.69) is 39.7 Å². The molecule has 0 aromatic carbocycles. The van der Waals surface area contributed by atoms with Crippen LogP contribution in [0.1, 0.15) is 23.5 Å². The minimum absolute atomic E-state index is 0.359. The normalized spacial score (nSPS) is 22.8. The van der Waals surface area contributed by atoms with Crippen molar-refractivity contribution in [3.05, 3.63) is 47.5 Å². The monoisotopic (exact) mass is 344 g/mol. The van der Waals surface area contributed by atoms with E-state index in [4.69, 9.17) is 4.74 Å². The van der Waals surface area contributed by atoms with Gasteiger partial charge in [-0.1, -0.05) is 6.07 Å². The van der Waals surface area contributed by atoms with Gasteiger partial charge in [0.05, 0.1) is 29.8 Å². The molecule has 0 saturated carbocycles. The van der Waals surface area contributed by atoms with Gasteiger partial charge in [0.15, 0.2) is 0 Å². The highest BCUT2D eigenvalue weighted by atomic mass is 32.2. The lowest BCUT2D eigenvalue weighted by Crippen LogP contribution is -2.58. The van der Waals surface area contributed by atoms with Crippen molar-refractivity contribution in [3.8, 4) is 0 Å². The molecular weight excluding hydrogens is 320 g/mol. The van der Waals surface area contributed by atoms with E-state index in [-0.39, 0.29) is 0 Å². The summed E-state index contributed by atoms with van der Waals surface area (Å²) in [5, 5.41) is 4.44. The third-order valence-corrected chi connectivity index (χ3v) is 6.45. The fourth-order valence-corrected chi connectivity index (χ4v) is 5.34. The molecule has 2 fully saturated rings. The molecule has 0 amide bonds. The molecule has 1 atom stereocenters. The zero-order valence-electron chi connectivity index (χ0n) is 14.3. The largest absolute Gasteiger partial charge is 0.371 e. The predicted octanol–water partition coefficient (Wildman–Crippen LogP) is 2.40. The van der Waals surface area contributed by atoms with E-state index < -0.39 is 0 Å². The van der Waals surface area contributed by atoms with Crippen LogP contribution in [0.5, 0.6) is 0 Å². The van der Waals surface area contributed by atoms with Crippen LogP contribution in [0.15, 0.2) is 30.5 Å². The van der Waals surface area contributed by atoms with Crippen LogP contribution >= 0.6 is 11.8 Å². The van der Waals surface area contributed by atoms with Crippen molar-refractivity contribution in [2.75, 3.05) is 18.8 Å². The van der Waals surface area contributed by atoms with E-state index >= 15 is 0 Å². The molecule has 2 aromatic rings. The van der Waals surface area contributed by atoms with Gasteiger partial charge in [-0.15, -0.1) is 11.8 Å². The molecule has 1 spiro atoms. The first-order chi connectivity index (χ1) is 11.6. The number of nitrogens with zero attached hydrogens (tertiary/aromatic N) is 4. The maximum Gasteiger partial charge on any atom is 0.0892 e. The Kier molecular flexibility index (Phi) is 4.37. The second-order valence-electron chi connectivity index (χ2n) is 7.00. The highest BCUT2D eigenvalue weighted by Gasteiger charge is 2.49. The number of rotatable bonds is 5. The van der Waals surface area contributed by atoms with Crippen LogP contribution in [0.3, 0.4) is 0 Å². The molecule has 2 saturated heterocycles. The summed E-state index contributed by atoms with van der Waals surface area (Å²) in [6, 6.07) is 8.17. The molecule has 4 rings (SSSR count). The van der Waals surface area contributed by atoms with Gasteiger partial charge in [-0.25, -0.2) is 0 Å². The van der Waals surface area contributed by atoms with Gasteiger partial charge in [0.1, 0.15) is 0 Å². The topological polar surface area (TPSA) is 43.2 Å². The second-order valence-corrected chi connectivity index (χ2v) is 8.49. The van der Waals surface area contributed by atoms with Gasteiger partial charge in [0.2, 0.25) is 0 Å². The average Bonchev–Trinajstić information content (AvgIpc) is 3.10. The Morgan fingerprint density at radius 2 is 2.25 bits per heavy atom. The number of ether oxygens (including phenoxy) is 1. The minimum Gasteiger partial charge on any atom is -0.371 e. The van der Waals surface area contributed by atoms with Crippen LogP contribution < -0.4 is 0 Å². The Balaban J connectivity index is 1.25. The lowest BCUT2D eigenvalue weighted by atomic mass is 9.93. The lowest BCUT2D eigenvalue weighted by molar-refractivity contribution is 0.0246. The molecule has 2 aromatic heterocycles. The third kappa shape index (κ3) is 3.36. The summed E-state index contributed by atoms with van der Waals surface area (Å²) in [5.74, 6) is 1.10. The number of likely N-dealkylation sites (tertiary alicyclic amines) is 1. The first-order valence-electron chi connectivity index (χ1n) is 8.49. The Hall–Kier alpha value is -1.37. The fraction of sp³-hybridized carbons (Fsp3) is 0.556. The predicted molar refractivity (Wildman–Crippen MR) is 95.8 cm³/mol. The zero-order valence-corrected chi connectivity index (χ0v) is 15.1. The lowest BCUT2D eigenvalue weighted by Gasteiger charge is -2.47. The summed E-state index contributed by atoms with van der Waals surface area (Å²) < 4.78 is 8.49. The number of aromatic nitrogens is 3. The van der Waals surface area contributed by atoms with Crippen LogP contribution in [0.2, 0.25) is 0 Å². The van der Waals surface area contributed by atoms with E-state index in [1.165, 1.54) is 5.69 Å². The highest BCUT2D eigenvalue weighted by Crippen LogP contribution is 2.46. The smallest absolute Gasteiger partial charge is 0.0892 e. The Morgan fingerprint density at radius 3 is 2.96 bits per heavy atom. The molecule has 2 aliphatic rings. The molecule has 0 radical (unpaired) electrons. The molecule has 6 heteroatoms. The molecular formula is C18H24N4OS. The van der Waals surface area contributed by atoms with Crippen LogP contribution in [-0.2, 0) is 24.9 Å². The van der Waals surface area contributed by atoms with Gasteiger partial charge >= 0.3 is 0 Å². The summed E-state index contributed by atoms with van der Waals surface area (Å²) in [6.07, 6.45) is 3.34. The number of aryl methyl sites for hydroxylation is 2. The molecule has 128 valence electrons. The molecule has 0 bridgehead atoms. The standard InChI is InChI=1S/C18H24N4OS/c1-14-7-16(21(2)20-14)9-22-12-18(13-22)8-17(11-24-18)23-10-15-5-3-4-6-19-15/h3-7,17H,8-13H2,1-2H3/t17-/m0/s1. The van der Waals surface area contributed by atoms with Crippen LogP contribution in [0, 0.1) is 6.92 Å². The van der Waals surface area contributed by atoms with Gasteiger partial charge in [-0.2, -0.15) is 5.10 Å². The minimum atomic E-state index is 0.359. The van der Waals surface area contributed by atoms with E-state index in [0.29, 0.717) is 17.5 Å². The van der Waals surface area contributed by atoms with Crippen LogP contribution in [-0.4, -0.2) is 49.4 Å². The van der Waals surface area contributed by atoms with Crippen molar-refractivity contribution in [3.63, 3.8) is 0 Å². The maximum absolute atomic E-state index is 6.08. The van der Waals surface area contributed by atoms with Gasteiger partial charge in [-0.3, -0.25) is 14.6 Å². The Bertz CT molecular complexity index is 696. The van der Waals surface area contributed by atoms with Crippen molar-refractivity contribution >= 4 is 11.8 Å². The first-order valence-corrected chi connectivity index (χ1v) is 9.48. The van der Waals surface area contributed by atoms with Gasteiger partial charge in [0, 0.05) is 43.4 Å². The number of thioether (sulfide) groups is 1. The molecule has 2 aliphatic heterocycles. The van der Waals surface area contributed by atoms with Crippen LogP contribution in [0.4, 0.5) is 0 Å². The van der Waals surface area contributed by atoms with E-state index in [1.54, 1.807) is 0 Å². The average molecular weight is 344 g/mol. The van der Waals surface area contributed by atoms with Gasteiger partial charge in [0.25, 0.3) is 0 Å². The molecule has 24 heavy (non-hydrogen) atoms. The van der Waals surface area contributed by atoms with Gasteiger partial charge in [-0.05, 0) is 31.5 Å². The number of pyridine rings is 1. The SMILES string of the molecule is Cc1cc(CN2CC3(C[C@H](OCc4ccccn4)CS3)C2)n(C)n1. The molecule has 4 heterocycles. The Labute approximate surface area is 147 Å². The molecule has 0 N–H and O–H groups in total. The highest BCUT2D eigenvalue weighted by molar-refractivity contribution is 8.01. The summed E-state index contributed by atoms with van der Waals surface area (Å²) in [6.45, 7) is 5.99. The van der Waals surface area contributed by atoms with E-state index in [9.17, 15) is 0 Å². The van der Waals surface area contributed by atoms with Crippen molar-refractivity contribution in [2.45, 2.75) is 37.3 Å². The van der Waals surface area contributed by atoms with Crippen molar-refractivity contribution in [1.29, 1.82) is 0 Å². The van der Waals surface area contributed by atoms with Gasteiger partial charge < -0.3 is 4.74 Å². The number of hydrogen-bond acceptors (Lipinski definition) is 5. The summed E-state index contributed by atoms with van der Waals surface area (Å²) in [7, 11) is 2.03. The summed E-state index contributed by atoms with van der Waals surface area (Å²) in [5.41, 5.74) is 3.42. The van der Waals surface area contributed by atoms with Crippen molar-refractivity contribution in [1.82, 2.24) is 19.7 Å². The second kappa shape index (κ2) is 6.50. The number of hydrogen-bond donors (Lipinski definition) is 0. The Morgan fingerprint density at radius 1 is 1.38 bits per heavy atom. The summed E-state index contributed by atoms with van der Waals surface area (Å²) in [4.78, 5) is 6.85. The van der Waals surface area contributed by atoms with Crippen LogP contribution in [0.25, 0.3) is 0 Å². The maximum atomic E-state index is 6.08. The molecule has 0 unspecified atom stereocenters. The summed E-state index contributed by atoms with van der Waals surface area (Å²) >= 11 is 2.09. The quantitative estimate of drug-likeness (QED) is 0.833. The zero-order chi connectivity index (χ0) is 16.6. The first kappa shape index (κ1) is 16.1. The molecule has 0 aliphatic carbocycles. The third-order valence-electron chi connectivity index (χ3n) is 4.88. The van der Waals surface area contributed by atoms with Crippen molar-refractivity contribution in [2.24, 2.45) is 7.05 Å². The van der Waals surface area contributed by atoms with Crippen molar-refractivity contribution < 1.29 is 4.74 Å². The fourth-order valence-electron chi connectivity index (χ4n) is 3.74. The molecule has 5 nitrogen and oxygen atoms in total. The van der Waals surface area contributed by atoms with E-state index in [1.807, 2.05) is 36.1 Å².